The topological polar surface area (TPSA) is 152 Å². The molecule has 1 amide bonds. The molecule has 1 aromatic heterocycles. The molecule has 0 fully saturated rings. The number of aromatic hydroxyl groups is 1. The van der Waals surface area contributed by atoms with Crippen molar-refractivity contribution in [1.29, 1.82) is 0 Å². The number of rotatable bonds is 8. The summed E-state index contributed by atoms with van der Waals surface area (Å²) in [4.78, 5) is 42.5. The second kappa shape index (κ2) is 11.2. The number of thiazole rings is 1. The first kappa shape index (κ1) is 27.7. The molecule has 0 unspecified atom stereocenters. The second-order valence-electron chi connectivity index (χ2n) is 8.29. The summed E-state index contributed by atoms with van der Waals surface area (Å²) in [6.07, 6.45) is 1.64. The number of phenols is 1. The van der Waals surface area contributed by atoms with E-state index in [9.17, 15) is 19.5 Å². The van der Waals surface area contributed by atoms with Crippen LogP contribution in [0.15, 0.2) is 51.4 Å². The number of hydrogen-bond acceptors (Lipinski definition) is 10. The Kier molecular flexibility index (Phi) is 7.98. The number of amides is 1. The normalized spacial score (nSPS) is 14.9. The van der Waals surface area contributed by atoms with Gasteiger partial charge in [-0.25, -0.2) is 9.79 Å². The number of aromatic nitrogens is 1. The number of nitrogens with zero attached hydrogens (tertiary/aromatic N) is 2. The molecule has 0 bridgehead atoms. The van der Waals surface area contributed by atoms with Crippen molar-refractivity contribution in [2.45, 2.75) is 13.0 Å². The van der Waals surface area contributed by atoms with Gasteiger partial charge in [-0.05, 0) is 48.4 Å². The van der Waals surface area contributed by atoms with Crippen molar-refractivity contribution in [2.75, 3.05) is 27.9 Å². The summed E-state index contributed by atoms with van der Waals surface area (Å²) in [5.74, 6) is -0.852. The Bertz CT molecular complexity index is 1690. The second-order valence-corrected chi connectivity index (χ2v) is 9.71. The van der Waals surface area contributed by atoms with Crippen LogP contribution in [0.3, 0.4) is 0 Å². The molecule has 0 radical (unpaired) electrons. The van der Waals surface area contributed by atoms with E-state index in [0.717, 1.165) is 11.3 Å². The average molecular weight is 574 g/mol. The first-order chi connectivity index (χ1) is 18.6. The predicted molar refractivity (Wildman–Crippen MR) is 143 cm³/mol. The summed E-state index contributed by atoms with van der Waals surface area (Å²) in [5, 5.41) is 10.2. The standard InChI is InChI=1S/C26H24ClN3O8S/c1-12-21(25(34)37-4)22(14-9-15(27)23(32)18(10-14)36-3)30-24(33)19(39-26(30)29-12)8-13-5-6-16(17(7-13)35-2)38-11-20(28)31/h5-10,22,32H,11H2,1-4H3,(H2,28,31)/b19-8-/t22-/m1/s1. The number of methoxy groups -OCH3 is 3. The number of fused-ring (bicyclic) bond motifs is 1. The first-order valence-corrected chi connectivity index (χ1v) is 12.5. The molecular weight excluding hydrogens is 550 g/mol. The molecule has 13 heteroatoms. The molecule has 3 aromatic rings. The summed E-state index contributed by atoms with van der Waals surface area (Å²) in [6.45, 7) is 1.33. The lowest BCUT2D eigenvalue weighted by Gasteiger charge is -2.25. The van der Waals surface area contributed by atoms with Gasteiger partial charge in [0.2, 0.25) is 0 Å². The van der Waals surface area contributed by atoms with Gasteiger partial charge >= 0.3 is 5.97 Å². The Labute approximate surface area is 231 Å². The van der Waals surface area contributed by atoms with Gasteiger partial charge in [-0.1, -0.05) is 29.0 Å². The third kappa shape index (κ3) is 5.33. The number of nitrogens with two attached hydrogens (primary N) is 1. The zero-order chi connectivity index (χ0) is 28.4. The van der Waals surface area contributed by atoms with Gasteiger partial charge < -0.3 is 29.8 Å². The molecule has 204 valence electrons. The van der Waals surface area contributed by atoms with Crippen molar-refractivity contribution in [3.05, 3.63) is 77.4 Å². The van der Waals surface area contributed by atoms with Crippen molar-refractivity contribution in [1.82, 2.24) is 4.57 Å². The molecule has 2 heterocycles. The van der Waals surface area contributed by atoms with Crippen LogP contribution in [-0.2, 0) is 14.3 Å². The van der Waals surface area contributed by atoms with E-state index in [-0.39, 0.29) is 28.7 Å². The van der Waals surface area contributed by atoms with Crippen LogP contribution in [-0.4, -0.2) is 49.5 Å². The number of carbonyl (C=O) groups is 2. The minimum absolute atomic E-state index is 0.0175. The van der Waals surface area contributed by atoms with Gasteiger partial charge in [0.25, 0.3) is 11.5 Å². The molecule has 0 spiro atoms. The molecule has 4 rings (SSSR count). The molecule has 3 N–H and O–H groups in total. The third-order valence-electron chi connectivity index (χ3n) is 5.87. The van der Waals surface area contributed by atoms with Crippen LogP contribution in [0.2, 0.25) is 5.02 Å². The van der Waals surface area contributed by atoms with Crippen LogP contribution < -0.4 is 34.8 Å². The van der Waals surface area contributed by atoms with Gasteiger partial charge in [0.15, 0.2) is 34.4 Å². The Morgan fingerprint density at radius 2 is 1.87 bits per heavy atom. The van der Waals surface area contributed by atoms with Crippen LogP contribution in [0.4, 0.5) is 0 Å². The fourth-order valence-electron chi connectivity index (χ4n) is 4.11. The Balaban J connectivity index is 1.90. The maximum absolute atomic E-state index is 13.8. The average Bonchev–Trinajstić information content (AvgIpc) is 3.21. The zero-order valence-electron chi connectivity index (χ0n) is 21.3. The van der Waals surface area contributed by atoms with Gasteiger partial charge in [0.05, 0.1) is 48.2 Å². The number of allylic oxidation sites excluding steroid dienone is 1. The lowest BCUT2D eigenvalue weighted by Crippen LogP contribution is -2.39. The lowest BCUT2D eigenvalue weighted by molar-refractivity contribution is -0.136. The molecule has 0 saturated carbocycles. The van der Waals surface area contributed by atoms with Crippen LogP contribution in [0.5, 0.6) is 23.0 Å². The van der Waals surface area contributed by atoms with Gasteiger partial charge in [-0.15, -0.1) is 0 Å². The predicted octanol–water partition coefficient (Wildman–Crippen LogP) is 1.65. The zero-order valence-corrected chi connectivity index (χ0v) is 22.9. The van der Waals surface area contributed by atoms with E-state index in [1.165, 1.54) is 38.0 Å². The molecule has 1 aliphatic heterocycles. The first-order valence-electron chi connectivity index (χ1n) is 11.4. The number of primary amides is 1. The molecular formula is C26H24ClN3O8S. The number of ether oxygens (including phenoxy) is 4. The highest BCUT2D eigenvalue weighted by Gasteiger charge is 2.34. The minimum Gasteiger partial charge on any atom is -0.503 e. The number of esters is 1. The highest BCUT2D eigenvalue weighted by Crippen LogP contribution is 2.40. The maximum atomic E-state index is 13.8. The number of benzene rings is 2. The molecule has 11 nitrogen and oxygen atoms in total. The smallest absolute Gasteiger partial charge is 0.338 e. The SMILES string of the molecule is COC(=O)C1=C(C)N=c2s/c(=C\c3ccc(OCC(N)=O)c(OC)c3)c(=O)n2[C@@H]1c1cc(Cl)c(O)c(OC)c1. The van der Waals surface area contributed by atoms with Gasteiger partial charge in [-0.3, -0.25) is 14.2 Å². The summed E-state index contributed by atoms with van der Waals surface area (Å²) < 4.78 is 22.7. The van der Waals surface area contributed by atoms with Crippen molar-refractivity contribution in [2.24, 2.45) is 10.7 Å². The van der Waals surface area contributed by atoms with Gasteiger partial charge in [-0.2, -0.15) is 0 Å². The number of carbonyl (C=O) groups excluding carboxylic acids is 2. The number of hydrogen-bond donors (Lipinski definition) is 2. The third-order valence-corrected chi connectivity index (χ3v) is 7.14. The van der Waals surface area contributed by atoms with Gasteiger partial charge in [0.1, 0.15) is 0 Å². The summed E-state index contributed by atoms with van der Waals surface area (Å²) in [6, 6.07) is 6.92. The van der Waals surface area contributed by atoms with Crippen LogP contribution >= 0.6 is 22.9 Å². The summed E-state index contributed by atoms with van der Waals surface area (Å²) in [5.41, 5.74) is 6.24. The van der Waals surface area contributed by atoms with Crippen molar-refractivity contribution < 1.29 is 33.6 Å². The summed E-state index contributed by atoms with van der Waals surface area (Å²) in [7, 11) is 4.04. The van der Waals surface area contributed by atoms with E-state index in [0.29, 0.717) is 37.7 Å². The monoisotopic (exact) mass is 573 g/mol. The molecule has 2 aromatic carbocycles. The number of phenolic OH excluding ortho intramolecular Hbond substituents is 1. The Hall–Kier alpha value is -4.29. The van der Waals surface area contributed by atoms with Crippen molar-refractivity contribution in [3.63, 3.8) is 0 Å². The lowest BCUT2D eigenvalue weighted by atomic mass is 9.95. The van der Waals surface area contributed by atoms with E-state index < -0.39 is 23.5 Å². The summed E-state index contributed by atoms with van der Waals surface area (Å²) >= 11 is 7.38. The van der Waals surface area contributed by atoms with E-state index >= 15 is 0 Å². The van der Waals surface area contributed by atoms with Gasteiger partial charge in [0, 0.05) is 0 Å². The fourth-order valence-corrected chi connectivity index (χ4v) is 5.37. The van der Waals surface area contributed by atoms with Crippen molar-refractivity contribution >= 4 is 40.9 Å². The van der Waals surface area contributed by atoms with Crippen LogP contribution in [0, 0.1) is 0 Å². The van der Waals surface area contributed by atoms with E-state index in [2.05, 4.69) is 4.99 Å². The van der Waals surface area contributed by atoms with E-state index in [4.69, 9.17) is 36.3 Å². The van der Waals surface area contributed by atoms with E-state index in [1.54, 1.807) is 31.2 Å². The highest BCUT2D eigenvalue weighted by molar-refractivity contribution is 7.07. The minimum atomic E-state index is -0.957. The van der Waals surface area contributed by atoms with Crippen LogP contribution in [0.1, 0.15) is 24.1 Å². The van der Waals surface area contributed by atoms with Crippen LogP contribution in [0.25, 0.3) is 6.08 Å². The highest BCUT2D eigenvalue weighted by atomic mass is 35.5. The molecule has 0 saturated heterocycles. The molecule has 1 atom stereocenters. The maximum Gasteiger partial charge on any atom is 0.338 e. The fraction of sp³-hybridized carbons (Fsp3) is 0.231. The Morgan fingerprint density at radius 3 is 2.51 bits per heavy atom. The number of halogens is 1. The molecule has 39 heavy (non-hydrogen) atoms. The largest absolute Gasteiger partial charge is 0.503 e. The quantitative estimate of drug-likeness (QED) is 0.386. The Morgan fingerprint density at radius 1 is 1.15 bits per heavy atom. The molecule has 1 aliphatic rings. The van der Waals surface area contributed by atoms with Crippen molar-refractivity contribution in [3.8, 4) is 23.0 Å². The van der Waals surface area contributed by atoms with E-state index in [1.807, 2.05) is 0 Å². The molecule has 0 aliphatic carbocycles.